The maximum absolute atomic E-state index is 6.43. The van der Waals surface area contributed by atoms with Crippen LogP contribution in [0.1, 0.15) is 31.9 Å². The third kappa shape index (κ3) is 4.44. The number of hydrogen-bond acceptors (Lipinski definition) is 2. The number of aryl methyl sites for hydroxylation is 2. The number of benzene rings is 4. The van der Waals surface area contributed by atoms with Crippen molar-refractivity contribution in [2.75, 3.05) is 0 Å². The van der Waals surface area contributed by atoms with E-state index in [-0.39, 0.29) is 5.41 Å². The molecule has 0 bridgehead atoms. The van der Waals surface area contributed by atoms with Gasteiger partial charge in [0.25, 0.3) is 0 Å². The first kappa shape index (κ1) is 26.7. The molecular formula is C36H30N4OPt-2. The number of pyridine rings is 1. The van der Waals surface area contributed by atoms with Crippen molar-refractivity contribution in [3.8, 4) is 23.0 Å². The van der Waals surface area contributed by atoms with Gasteiger partial charge < -0.3 is 0 Å². The van der Waals surface area contributed by atoms with Crippen LogP contribution in [-0.2, 0) is 31.8 Å². The van der Waals surface area contributed by atoms with Crippen molar-refractivity contribution in [1.29, 1.82) is 0 Å². The summed E-state index contributed by atoms with van der Waals surface area (Å²) in [6, 6.07) is 36.4. The van der Waals surface area contributed by atoms with E-state index < -0.39 is 0 Å². The predicted molar refractivity (Wildman–Crippen MR) is 165 cm³/mol. The number of rotatable bonds is 4. The van der Waals surface area contributed by atoms with Crippen molar-refractivity contribution >= 4 is 32.8 Å². The average Bonchev–Trinajstić information content (AvgIpc) is 3.43. The zero-order valence-electron chi connectivity index (χ0n) is 24.2. The molecule has 5 nitrogen and oxygen atoms in total. The zero-order chi connectivity index (χ0) is 29.2. The van der Waals surface area contributed by atoms with Crippen LogP contribution in [-0.4, -0.2) is 18.7 Å². The van der Waals surface area contributed by atoms with Gasteiger partial charge in [-0.2, -0.15) is 0 Å². The van der Waals surface area contributed by atoms with Gasteiger partial charge in [-0.15, -0.1) is 0 Å². The van der Waals surface area contributed by atoms with Crippen LogP contribution in [0.15, 0.2) is 91.1 Å². The van der Waals surface area contributed by atoms with Crippen molar-refractivity contribution in [2.45, 2.75) is 33.1 Å². The Hall–Kier alpha value is -4.21. The van der Waals surface area contributed by atoms with Crippen LogP contribution in [0.4, 0.5) is 0 Å². The summed E-state index contributed by atoms with van der Waals surface area (Å²) >= 11 is 2.36. The second-order valence-corrected chi connectivity index (χ2v) is 12.7. The Bertz CT molecular complexity index is 2210. The molecule has 0 amide bonds. The summed E-state index contributed by atoms with van der Waals surface area (Å²) in [5, 5.41) is 2.30. The van der Waals surface area contributed by atoms with Crippen LogP contribution in [0.5, 0.6) is 11.5 Å². The third-order valence-electron chi connectivity index (χ3n) is 7.77. The fraction of sp³-hybridized carbons (Fsp3) is 0.167. The van der Waals surface area contributed by atoms with Gasteiger partial charge in [0.05, 0.1) is 0 Å². The Labute approximate surface area is 256 Å². The molecule has 0 fully saturated rings. The molecule has 0 radical (unpaired) electrons. The molecule has 0 spiro atoms. The number of aromatic nitrogens is 4. The Balaban J connectivity index is 1.36. The summed E-state index contributed by atoms with van der Waals surface area (Å²) in [4.78, 5) is 4.74. The molecule has 4 aromatic carbocycles. The number of imidazole rings is 1. The molecule has 0 saturated heterocycles. The number of ether oxygens (including phenoxy) is 1. The van der Waals surface area contributed by atoms with E-state index in [1.165, 1.54) is 10.9 Å². The fourth-order valence-electron chi connectivity index (χ4n) is 5.57. The van der Waals surface area contributed by atoms with Crippen molar-refractivity contribution in [3.63, 3.8) is 0 Å². The Morgan fingerprint density at radius 1 is 0.762 bits per heavy atom. The summed E-state index contributed by atoms with van der Waals surface area (Å²) < 4.78 is 14.1. The first-order chi connectivity index (χ1) is 20.2. The first-order valence-electron chi connectivity index (χ1n) is 14.0. The summed E-state index contributed by atoms with van der Waals surface area (Å²) in [6.45, 7) is 8.83. The van der Waals surface area contributed by atoms with Crippen molar-refractivity contribution in [3.05, 3.63) is 118 Å². The van der Waals surface area contributed by atoms with Gasteiger partial charge in [0.1, 0.15) is 0 Å². The van der Waals surface area contributed by atoms with E-state index >= 15 is 0 Å². The maximum atomic E-state index is 6.43. The van der Waals surface area contributed by atoms with E-state index in [2.05, 4.69) is 141 Å². The molecule has 212 valence electrons. The van der Waals surface area contributed by atoms with Crippen molar-refractivity contribution < 1.29 is 24.1 Å². The molecule has 0 saturated carbocycles. The standard InChI is InChI=1S/C36H30N4O.Pt/c1-24-17-18-37-35(19-24)40-31-16-13-25(36(2,3)4)20-30(31)29-15-14-28(22-34(29)40)41-27-10-8-9-26(21-27)39-23-38(5)32-11-6-7-12-33(32)39;/h6-20H,1-5H3;/q-2;. The molecule has 3 aromatic heterocycles. The molecule has 0 atom stereocenters. The van der Waals surface area contributed by atoms with E-state index in [1.54, 1.807) is 0 Å². The van der Waals surface area contributed by atoms with Gasteiger partial charge in [-0.05, 0) is 29.5 Å². The normalized spacial score (nSPS) is 12.1. The topological polar surface area (TPSA) is 36.9 Å². The van der Waals surface area contributed by atoms with E-state index in [9.17, 15) is 0 Å². The quantitative estimate of drug-likeness (QED) is 0.171. The molecule has 42 heavy (non-hydrogen) atoms. The fourth-order valence-corrected chi connectivity index (χ4v) is 6.39. The molecule has 0 aliphatic rings. The number of hydrogen-bond donors (Lipinski definition) is 0. The molecule has 0 N–H and O–H groups in total. The molecule has 3 heterocycles. The van der Waals surface area contributed by atoms with Gasteiger partial charge in [0, 0.05) is 6.20 Å². The van der Waals surface area contributed by atoms with Gasteiger partial charge in [-0.1, -0.05) is 26.8 Å². The van der Waals surface area contributed by atoms with Crippen LogP contribution in [0, 0.1) is 22.9 Å². The Kier molecular flexibility index (Phi) is 6.32. The van der Waals surface area contributed by atoms with Crippen LogP contribution in [0.3, 0.4) is 0 Å². The summed E-state index contributed by atoms with van der Waals surface area (Å²) in [5.41, 5.74) is 7.71. The molecule has 0 aliphatic heterocycles. The molecule has 6 heteroatoms. The number of nitrogens with zero attached hydrogens (tertiary/aromatic N) is 4. The van der Waals surface area contributed by atoms with Crippen LogP contribution in [0.25, 0.3) is 44.3 Å². The van der Waals surface area contributed by atoms with Crippen LogP contribution >= 0.6 is 0 Å². The number of fused-ring (bicyclic) bond motifs is 4. The second kappa shape index (κ2) is 9.96. The summed E-state index contributed by atoms with van der Waals surface area (Å²) in [7, 11) is 2.08. The van der Waals surface area contributed by atoms with Gasteiger partial charge in [0.15, 0.2) is 0 Å². The minimum absolute atomic E-state index is 0.0394. The second-order valence-electron chi connectivity index (χ2n) is 11.7. The zero-order valence-corrected chi connectivity index (χ0v) is 26.4. The molecular weight excluding hydrogens is 700 g/mol. The predicted octanol–water partition coefficient (Wildman–Crippen LogP) is 8.54. The minimum atomic E-state index is 0.0394. The molecule has 0 aliphatic carbocycles. The van der Waals surface area contributed by atoms with Gasteiger partial charge in [-0.25, -0.2) is 0 Å². The van der Waals surface area contributed by atoms with E-state index in [4.69, 9.17) is 9.72 Å². The van der Waals surface area contributed by atoms with Crippen LogP contribution < -0.4 is 4.74 Å². The molecule has 0 unspecified atom stereocenters. The summed E-state index contributed by atoms with van der Waals surface area (Å²) in [5.74, 6) is 2.12. The summed E-state index contributed by atoms with van der Waals surface area (Å²) in [6.07, 6.45) is 1.86. The Morgan fingerprint density at radius 3 is 2.33 bits per heavy atom. The van der Waals surface area contributed by atoms with Gasteiger partial charge in [-0.3, -0.25) is 0 Å². The van der Waals surface area contributed by atoms with Gasteiger partial charge in [0.2, 0.25) is 0 Å². The monoisotopic (exact) mass is 729 g/mol. The molecule has 7 aromatic rings. The van der Waals surface area contributed by atoms with Crippen molar-refractivity contribution in [1.82, 2.24) is 18.7 Å². The molecule has 7 rings (SSSR count). The van der Waals surface area contributed by atoms with Crippen LogP contribution in [0.2, 0.25) is 0 Å². The Morgan fingerprint density at radius 2 is 1.55 bits per heavy atom. The van der Waals surface area contributed by atoms with E-state index in [0.717, 1.165) is 48.3 Å². The van der Waals surface area contributed by atoms with E-state index in [1.807, 2.05) is 30.5 Å². The van der Waals surface area contributed by atoms with Gasteiger partial charge >= 0.3 is 194 Å². The third-order valence-corrected chi connectivity index (χ3v) is 9.04. The number of para-hydroxylation sites is 2. The van der Waals surface area contributed by atoms with Crippen molar-refractivity contribution in [2.24, 2.45) is 7.05 Å². The average molecular weight is 730 g/mol. The SMILES string of the molecule is Cc1ccnc(-n2c3[c-]c(Oc4[c-]c(-n5[c](=[Pt])n(C)c6ccccc65)ccc4)ccc3c3cc(C(C)(C)C)ccc32)c1. The first-order valence-corrected chi connectivity index (χ1v) is 15.1. The van der Waals surface area contributed by atoms with E-state index in [0.29, 0.717) is 11.5 Å².